The third-order valence-electron chi connectivity index (χ3n) is 13.6. The molecule has 8 aromatic carbocycles. The van der Waals surface area contributed by atoms with Gasteiger partial charge in [0.1, 0.15) is 0 Å². The molecule has 59 heavy (non-hydrogen) atoms. The molecule has 4 heteroatoms. The van der Waals surface area contributed by atoms with E-state index in [-0.39, 0.29) is 12.1 Å². The van der Waals surface area contributed by atoms with Gasteiger partial charge >= 0.3 is 0 Å². The highest BCUT2D eigenvalue weighted by molar-refractivity contribution is 6.99. The Morgan fingerprint density at radius 2 is 1.22 bits per heavy atom. The Hall–Kier alpha value is -6.39. The fourth-order valence-corrected chi connectivity index (χ4v) is 11.1. The maximum absolute atomic E-state index is 5.81. The highest BCUT2D eigenvalue weighted by atomic mass is 15.2. The molecular formula is C55H46BN3. The minimum absolute atomic E-state index is 0.0476. The highest BCUT2D eigenvalue weighted by Crippen LogP contribution is 2.44. The minimum atomic E-state index is -0.0757. The second-order valence-corrected chi connectivity index (χ2v) is 18.7. The van der Waals surface area contributed by atoms with Crippen LogP contribution in [0.4, 0.5) is 0 Å². The molecule has 0 spiro atoms. The first-order valence-corrected chi connectivity index (χ1v) is 21.4. The molecule has 10 aromatic rings. The van der Waals surface area contributed by atoms with Gasteiger partial charge in [-0.1, -0.05) is 169 Å². The molecule has 0 amide bonds. The number of hydrogen-bond acceptors (Lipinski definition) is 1. The van der Waals surface area contributed by atoms with Crippen molar-refractivity contribution in [3.05, 3.63) is 156 Å². The van der Waals surface area contributed by atoms with E-state index in [4.69, 9.17) is 4.98 Å². The number of imidazole rings is 1. The first-order valence-electron chi connectivity index (χ1n) is 21.4. The molecule has 2 aliphatic heterocycles. The summed E-state index contributed by atoms with van der Waals surface area (Å²) in [5.74, 6) is 1.71. The van der Waals surface area contributed by atoms with Crippen LogP contribution in [0.3, 0.4) is 0 Å². The summed E-state index contributed by atoms with van der Waals surface area (Å²) in [6.07, 6.45) is 0. The SMILES string of the molecule is CC(C)c1cccc(C(C)C)c1-c1cc2ccc3c4c2c(c1)n1c2cc(C(C)(C)C)c5ccccc5c2nc1n4-c1cccc2c1B3c1ccccc1-c1ccccc1-2. The Labute approximate surface area is 346 Å². The highest BCUT2D eigenvalue weighted by Gasteiger charge is 2.39. The molecule has 2 aliphatic rings. The lowest BCUT2D eigenvalue weighted by Crippen LogP contribution is -2.57. The Balaban J connectivity index is 1.33. The number of rotatable bonds is 3. The molecule has 0 unspecified atom stereocenters. The van der Waals surface area contributed by atoms with Crippen LogP contribution in [0.15, 0.2) is 140 Å². The number of aromatic nitrogens is 3. The predicted octanol–water partition coefficient (Wildman–Crippen LogP) is 12.4. The van der Waals surface area contributed by atoms with E-state index in [1.165, 1.54) is 105 Å². The Kier molecular flexibility index (Phi) is 7.09. The number of nitrogens with zero attached hydrogens (tertiary/aromatic N) is 3. The molecule has 0 saturated carbocycles. The Bertz CT molecular complexity index is 3420. The van der Waals surface area contributed by atoms with E-state index < -0.39 is 0 Å². The number of hydrogen-bond donors (Lipinski definition) is 0. The molecule has 0 bridgehead atoms. The molecular weight excluding hydrogens is 713 g/mol. The molecule has 0 saturated heterocycles. The van der Waals surface area contributed by atoms with Gasteiger partial charge in [0.25, 0.3) is 0 Å². The molecule has 12 rings (SSSR count). The van der Waals surface area contributed by atoms with Crippen LogP contribution in [0.2, 0.25) is 0 Å². The first kappa shape index (κ1) is 34.6. The van der Waals surface area contributed by atoms with Gasteiger partial charge < -0.3 is 0 Å². The van der Waals surface area contributed by atoms with Crippen molar-refractivity contribution >= 4 is 72.5 Å². The van der Waals surface area contributed by atoms with Crippen LogP contribution in [0.25, 0.3) is 88.5 Å². The number of fused-ring (bicyclic) bond motifs is 14. The van der Waals surface area contributed by atoms with Crippen molar-refractivity contribution < 1.29 is 0 Å². The summed E-state index contributed by atoms with van der Waals surface area (Å²) < 4.78 is 5.05. The zero-order valence-corrected chi connectivity index (χ0v) is 34.9. The van der Waals surface area contributed by atoms with Crippen molar-refractivity contribution in [2.45, 2.75) is 65.7 Å². The van der Waals surface area contributed by atoms with Gasteiger partial charge in [-0.15, -0.1) is 0 Å². The first-order chi connectivity index (χ1) is 28.6. The van der Waals surface area contributed by atoms with Crippen LogP contribution in [-0.4, -0.2) is 20.7 Å². The van der Waals surface area contributed by atoms with Gasteiger partial charge in [0.05, 0.1) is 22.1 Å². The van der Waals surface area contributed by atoms with Gasteiger partial charge in [0.2, 0.25) is 12.5 Å². The summed E-state index contributed by atoms with van der Waals surface area (Å²) in [6.45, 7) is 16.4. The van der Waals surface area contributed by atoms with Crippen molar-refractivity contribution in [1.82, 2.24) is 14.0 Å². The maximum Gasteiger partial charge on any atom is 0.248 e. The maximum atomic E-state index is 5.81. The second-order valence-electron chi connectivity index (χ2n) is 18.7. The van der Waals surface area contributed by atoms with Crippen molar-refractivity contribution in [3.63, 3.8) is 0 Å². The Morgan fingerprint density at radius 3 is 1.95 bits per heavy atom. The van der Waals surface area contributed by atoms with Crippen LogP contribution >= 0.6 is 0 Å². The van der Waals surface area contributed by atoms with Gasteiger partial charge in [-0.3, -0.25) is 8.97 Å². The van der Waals surface area contributed by atoms with Crippen molar-refractivity contribution in [2.75, 3.05) is 0 Å². The molecule has 0 aliphatic carbocycles. The summed E-state index contributed by atoms with van der Waals surface area (Å²) in [4.78, 5) is 5.81. The van der Waals surface area contributed by atoms with Gasteiger partial charge in [0.15, 0.2) is 0 Å². The van der Waals surface area contributed by atoms with E-state index in [9.17, 15) is 0 Å². The molecule has 0 N–H and O–H groups in total. The van der Waals surface area contributed by atoms with Crippen LogP contribution in [0.5, 0.6) is 0 Å². The van der Waals surface area contributed by atoms with Crippen LogP contribution in [0.1, 0.15) is 77.0 Å². The monoisotopic (exact) mass is 759 g/mol. The topological polar surface area (TPSA) is 22.2 Å². The second kappa shape index (κ2) is 12.1. The standard InChI is InChI=1S/C55H46BN3/c1-31(2)35-21-14-22-36(32(3)4)49(35)34-28-33-26-27-45-53-50(33)47(29-34)58-48-30-43(55(5,6)7)39-18-10-11-20-42(39)52(48)57-54(58)59(53)46-25-15-23-41-38-17-9-8-16-37(38)40-19-12-13-24-44(40)56(45)51(41)46/h8-32H,1-7H3. The Morgan fingerprint density at radius 1 is 0.576 bits per heavy atom. The molecule has 284 valence electrons. The van der Waals surface area contributed by atoms with Crippen molar-refractivity contribution in [3.8, 4) is 39.1 Å². The lowest BCUT2D eigenvalue weighted by atomic mass is 9.34. The lowest BCUT2D eigenvalue weighted by molar-refractivity contribution is 0.596. The minimum Gasteiger partial charge on any atom is -0.281 e. The summed E-state index contributed by atoms with van der Waals surface area (Å²) in [7, 11) is 0. The zero-order valence-electron chi connectivity index (χ0n) is 34.9. The molecule has 3 nitrogen and oxygen atoms in total. The summed E-state index contributed by atoms with van der Waals surface area (Å²) in [5.41, 5.74) is 21.8. The smallest absolute Gasteiger partial charge is 0.248 e. The van der Waals surface area contributed by atoms with Gasteiger partial charge in [-0.25, -0.2) is 4.98 Å². The number of benzene rings is 8. The van der Waals surface area contributed by atoms with Gasteiger partial charge in [0, 0.05) is 16.5 Å². The van der Waals surface area contributed by atoms with Crippen molar-refractivity contribution in [2.24, 2.45) is 0 Å². The molecule has 0 radical (unpaired) electrons. The molecule has 0 fully saturated rings. The fourth-order valence-electron chi connectivity index (χ4n) is 11.1. The normalized spacial score (nSPS) is 13.3. The van der Waals surface area contributed by atoms with E-state index in [2.05, 4.69) is 197 Å². The van der Waals surface area contributed by atoms with E-state index in [0.717, 1.165) is 16.8 Å². The van der Waals surface area contributed by atoms with Gasteiger partial charge in [-0.05, 0) is 113 Å². The van der Waals surface area contributed by atoms with Crippen molar-refractivity contribution in [1.29, 1.82) is 0 Å². The summed E-state index contributed by atoms with van der Waals surface area (Å²) in [5, 5.41) is 5.01. The fraction of sp³-hybridized carbons (Fsp3) is 0.182. The zero-order chi connectivity index (χ0) is 40.1. The molecule has 4 heterocycles. The van der Waals surface area contributed by atoms with Crippen LogP contribution in [-0.2, 0) is 5.41 Å². The third-order valence-corrected chi connectivity index (χ3v) is 13.6. The van der Waals surface area contributed by atoms with E-state index in [1.54, 1.807) is 0 Å². The molecule has 2 aromatic heterocycles. The quantitative estimate of drug-likeness (QED) is 0.164. The van der Waals surface area contributed by atoms with E-state index in [0.29, 0.717) is 11.8 Å². The van der Waals surface area contributed by atoms with Crippen LogP contribution < -0.4 is 16.4 Å². The summed E-state index contributed by atoms with van der Waals surface area (Å²) in [6, 6.07) is 53.2. The average Bonchev–Trinajstić information content (AvgIpc) is 3.58. The molecule has 0 atom stereocenters. The predicted molar refractivity (Wildman–Crippen MR) is 252 cm³/mol. The third kappa shape index (κ3) is 4.63. The average molecular weight is 760 g/mol. The largest absolute Gasteiger partial charge is 0.281 e. The van der Waals surface area contributed by atoms with E-state index in [1.807, 2.05) is 0 Å². The van der Waals surface area contributed by atoms with Gasteiger partial charge in [-0.2, -0.15) is 0 Å². The van der Waals surface area contributed by atoms with Crippen LogP contribution in [0, 0.1) is 0 Å². The summed E-state index contributed by atoms with van der Waals surface area (Å²) >= 11 is 0. The lowest BCUT2D eigenvalue weighted by Gasteiger charge is -2.31. The van der Waals surface area contributed by atoms with E-state index >= 15 is 0 Å².